The van der Waals surface area contributed by atoms with E-state index in [1.165, 1.54) is 0 Å². The molecule has 0 bridgehead atoms. The van der Waals surface area contributed by atoms with Gasteiger partial charge in [-0.25, -0.2) is 8.42 Å². The van der Waals surface area contributed by atoms with Crippen LogP contribution < -0.4 is 9.62 Å². The van der Waals surface area contributed by atoms with Crippen molar-refractivity contribution in [2.45, 2.75) is 23.6 Å². The molecule has 0 aromatic heterocycles. The van der Waals surface area contributed by atoms with E-state index in [9.17, 15) is 13.2 Å². The van der Waals surface area contributed by atoms with Crippen molar-refractivity contribution in [2.75, 3.05) is 21.9 Å². The smallest absolute Gasteiger partial charge is 0.264 e. The number of hydrogen-bond acceptors (Lipinski definition) is 4. The lowest BCUT2D eigenvalue weighted by atomic mass is 10.2. The second-order valence-corrected chi connectivity index (χ2v) is 10.9. The van der Waals surface area contributed by atoms with E-state index < -0.39 is 15.9 Å². The van der Waals surface area contributed by atoms with Crippen LogP contribution in [0.3, 0.4) is 0 Å². The van der Waals surface area contributed by atoms with Crippen molar-refractivity contribution in [3.63, 3.8) is 0 Å². The van der Waals surface area contributed by atoms with Crippen molar-refractivity contribution < 1.29 is 13.2 Å². The van der Waals surface area contributed by atoms with Gasteiger partial charge in [0.05, 0.1) is 16.3 Å². The Balaban J connectivity index is 1.94. The Labute approximate surface area is 196 Å². The van der Waals surface area contributed by atoms with Gasteiger partial charge in [0.15, 0.2) is 0 Å². The van der Waals surface area contributed by atoms with Crippen molar-refractivity contribution in [3.8, 4) is 0 Å². The molecule has 31 heavy (non-hydrogen) atoms. The first kappa shape index (κ1) is 23.4. The number of halogens is 1. The van der Waals surface area contributed by atoms with Crippen molar-refractivity contribution in [3.05, 3.63) is 82.8 Å². The zero-order valence-electron chi connectivity index (χ0n) is 17.2. The maximum absolute atomic E-state index is 13.4. The number of amides is 1. The summed E-state index contributed by atoms with van der Waals surface area (Å²) in [7, 11) is -3.95. The molecule has 3 rings (SSSR count). The number of nitrogens with zero attached hydrogens (tertiary/aromatic N) is 1. The maximum atomic E-state index is 13.4. The van der Waals surface area contributed by atoms with Crippen LogP contribution in [-0.2, 0) is 14.8 Å². The summed E-state index contributed by atoms with van der Waals surface area (Å²) in [6.07, 6.45) is 0. The second-order valence-electron chi connectivity index (χ2n) is 6.78. The van der Waals surface area contributed by atoms with Crippen LogP contribution in [0.15, 0.2) is 87.1 Å². The van der Waals surface area contributed by atoms with Crippen LogP contribution in [0.4, 0.5) is 11.4 Å². The van der Waals surface area contributed by atoms with Gasteiger partial charge in [0.1, 0.15) is 6.54 Å². The monoisotopic (exact) mass is 518 g/mol. The summed E-state index contributed by atoms with van der Waals surface area (Å²) in [5, 5.41) is 2.87. The standard InChI is InChI=1S/C23H23BrN2O3S2/c1-3-30-22-10-5-4-9-21(22)25-23(27)16-26(19-8-6-7-18(24)15-19)31(28,29)20-13-11-17(2)12-14-20/h4-15H,3,16H2,1-2H3,(H,25,27). The fraction of sp³-hybridized carbons (Fsp3) is 0.174. The third-order valence-electron chi connectivity index (χ3n) is 4.45. The summed E-state index contributed by atoms with van der Waals surface area (Å²) >= 11 is 5.00. The highest BCUT2D eigenvalue weighted by Crippen LogP contribution is 2.28. The predicted octanol–water partition coefficient (Wildman–Crippen LogP) is 5.70. The van der Waals surface area contributed by atoms with E-state index in [1.807, 2.05) is 38.1 Å². The third-order valence-corrected chi connectivity index (χ3v) is 7.69. The van der Waals surface area contributed by atoms with E-state index in [-0.39, 0.29) is 11.4 Å². The Hall–Kier alpha value is -2.29. The first-order chi connectivity index (χ1) is 14.8. The molecule has 8 heteroatoms. The Morgan fingerprint density at radius 3 is 2.42 bits per heavy atom. The minimum absolute atomic E-state index is 0.132. The molecule has 0 radical (unpaired) electrons. The quantitative estimate of drug-likeness (QED) is 0.388. The molecule has 0 aliphatic carbocycles. The fourth-order valence-corrected chi connectivity index (χ4v) is 5.52. The number of rotatable bonds is 8. The number of para-hydroxylation sites is 1. The number of sulfonamides is 1. The molecule has 0 aliphatic rings. The van der Waals surface area contributed by atoms with Gasteiger partial charge in [-0.05, 0) is 55.1 Å². The molecule has 0 saturated carbocycles. The molecule has 1 amide bonds. The van der Waals surface area contributed by atoms with E-state index in [0.717, 1.165) is 25.0 Å². The van der Waals surface area contributed by atoms with Gasteiger partial charge in [0.25, 0.3) is 10.0 Å². The molecular formula is C23H23BrN2O3S2. The van der Waals surface area contributed by atoms with Crippen molar-refractivity contribution in [1.29, 1.82) is 0 Å². The average molecular weight is 519 g/mol. The number of aryl methyl sites for hydroxylation is 1. The van der Waals surface area contributed by atoms with Crippen LogP contribution in [0.5, 0.6) is 0 Å². The molecule has 162 valence electrons. The molecule has 0 atom stereocenters. The lowest BCUT2D eigenvalue weighted by Gasteiger charge is -2.24. The van der Waals surface area contributed by atoms with Crippen molar-refractivity contribution in [1.82, 2.24) is 0 Å². The number of nitrogens with one attached hydrogen (secondary N) is 1. The molecule has 0 saturated heterocycles. The molecule has 0 heterocycles. The Morgan fingerprint density at radius 1 is 1.03 bits per heavy atom. The minimum Gasteiger partial charge on any atom is -0.323 e. The van der Waals surface area contributed by atoms with Crippen molar-refractivity contribution in [2.24, 2.45) is 0 Å². The van der Waals surface area contributed by atoms with Crippen LogP contribution in [0.1, 0.15) is 12.5 Å². The van der Waals surface area contributed by atoms with Crippen LogP contribution in [0.2, 0.25) is 0 Å². The van der Waals surface area contributed by atoms with Gasteiger partial charge in [0.2, 0.25) is 5.91 Å². The van der Waals surface area contributed by atoms with Crippen LogP contribution in [0, 0.1) is 6.92 Å². The lowest BCUT2D eigenvalue weighted by molar-refractivity contribution is -0.114. The van der Waals surface area contributed by atoms with Gasteiger partial charge in [-0.3, -0.25) is 9.10 Å². The Morgan fingerprint density at radius 2 is 1.74 bits per heavy atom. The maximum Gasteiger partial charge on any atom is 0.264 e. The van der Waals surface area contributed by atoms with Crippen molar-refractivity contribution >= 4 is 55.0 Å². The van der Waals surface area contributed by atoms with Gasteiger partial charge < -0.3 is 5.32 Å². The minimum atomic E-state index is -3.95. The van der Waals surface area contributed by atoms with E-state index >= 15 is 0 Å². The summed E-state index contributed by atoms with van der Waals surface area (Å²) < 4.78 is 28.7. The van der Waals surface area contributed by atoms with E-state index in [0.29, 0.717) is 11.4 Å². The highest BCUT2D eigenvalue weighted by Gasteiger charge is 2.27. The molecule has 1 N–H and O–H groups in total. The first-order valence-electron chi connectivity index (χ1n) is 9.68. The highest BCUT2D eigenvalue weighted by atomic mass is 79.9. The lowest BCUT2D eigenvalue weighted by Crippen LogP contribution is -2.38. The van der Waals surface area contributed by atoms with E-state index in [4.69, 9.17) is 0 Å². The SMILES string of the molecule is CCSc1ccccc1NC(=O)CN(c1cccc(Br)c1)S(=O)(=O)c1ccc(C)cc1. The van der Waals surface area contributed by atoms with Gasteiger partial charge in [0, 0.05) is 9.37 Å². The molecule has 0 unspecified atom stereocenters. The van der Waals surface area contributed by atoms with E-state index in [2.05, 4.69) is 21.2 Å². The largest absolute Gasteiger partial charge is 0.323 e. The zero-order valence-corrected chi connectivity index (χ0v) is 20.4. The normalized spacial score (nSPS) is 11.2. The number of benzene rings is 3. The number of anilines is 2. The number of carbonyl (C=O) groups excluding carboxylic acids is 1. The number of thioether (sulfide) groups is 1. The topological polar surface area (TPSA) is 66.5 Å². The molecule has 0 fully saturated rings. The first-order valence-corrected chi connectivity index (χ1v) is 12.9. The Bertz CT molecular complexity index is 1170. The average Bonchev–Trinajstić information content (AvgIpc) is 2.74. The second kappa shape index (κ2) is 10.3. The molecule has 0 aliphatic heterocycles. The number of hydrogen-bond donors (Lipinski definition) is 1. The summed E-state index contributed by atoms with van der Waals surface area (Å²) in [5.41, 5.74) is 2.03. The molecule has 0 spiro atoms. The van der Waals surface area contributed by atoms with Crippen LogP contribution >= 0.6 is 27.7 Å². The Kier molecular flexibility index (Phi) is 7.80. The summed E-state index contributed by atoms with van der Waals surface area (Å²) in [5.74, 6) is 0.443. The fourth-order valence-electron chi connectivity index (χ4n) is 2.96. The van der Waals surface area contributed by atoms with E-state index in [1.54, 1.807) is 60.3 Å². The molecular weight excluding hydrogens is 496 g/mol. The third kappa shape index (κ3) is 5.90. The zero-order chi connectivity index (χ0) is 22.4. The highest BCUT2D eigenvalue weighted by molar-refractivity contribution is 9.10. The predicted molar refractivity (Wildman–Crippen MR) is 131 cm³/mol. The van der Waals surface area contributed by atoms with Gasteiger partial charge in [-0.2, -0.15) is 0 Å². The molecule has 5 nitrogen and oxygen atoms in total. The van der Waals surface area contributed by atoms with Gasteiger partial charge in [-0.15, -0.1) is 11.8 Å². The number of carbonyl (C=O) groups is 1. The summed E-state index contributed by atoms with van der Waals surface area (Å²) in [6, 6.07) is 21.0. The summed E-state index contributed by atoms with van der Waals surface area (Å²) in [6.45, 7) is 3.58. The molecule has 3 aromatic carbocycles. The molecule has 3 aromatic rings. The van der Waals surface area contributed by atoms with Crippen LogP contribution in [-0.4, -0.2) is 26.6 Å². The van der Waals surface area contributed by atoms with Crippen LogP contribution in [0.25, 0.3) is 0 Å². The van der Waals surface area contributed by atoms with Gasteiger partial charge >= 0.3 is 0 Å². The van der Waals surface area contributed by atoms with Gasteiger partial charge in [-0.1, -0.05) is 58.7 Å². The summed E-state index contributed by atoms with van der Waals surface area (Å²) in [4.78, 5) is 14.0.